The second-order valence-electron chi connectivity index (χ2n) is 5.32. The molecular weight excluding hydrogens is 250 g/mol. The molecule has 7 nitrogen and oxygen atoms in total. The van der Waals surface area contributed by atoms with E-state index in [2.05, 4.69) is 10.6 Å². The summed E-state index contributed by atoms with van der Waals surface area (Å²) in [5, 5.41) is 4.94. The molecule has 3 rings (SSSR count). The maximum absolute atomic E-state index is 12.2. The van der Waals surface area contributed by atoms with Crippen LogP contribution in [0.5, 0.6) is 0 Å². The van der Waals surface area contributed by atoms with E-state index >= 15 is 0 Å². The Kier molecular flexibility index (Phi) is 2.93. The Balaban J connectivity index is 1.61. The first-order chi connectivity index (χ1) is 9.11. The molecular formula is C12H17N3O4. The summed E-state index contributed by atoms with van der Waals surface area (Å²) in [6, 6.07) is -0.441. The first-order valence-corrected chi connectivity index (χ1v) is 6.65. The van der Waals surface area contributed by atoms with Gasteiger partial charge in [0.05, 0.1) is 0 Å². The standard InChI is InChI=1S/C12H17N3O4/c16-9(8-2-1-7-19-8)15-5-3-12(4-6-15)10(17)13-11(18)14-12/h8H,1-7H2,(H2,13,14,17,18)/t8-/m0/s1. The van der Waals surface area contributed by atoms with Gasteiger partial charge in [0.1, 0.15) is 11.6 Å². The number of carbonyl (C=O) groups excluding carboxylic acids is 3. The maximum Gasteiger partial charge on any atom is 0.322 e. The molecule has 3 saturated heterocycles. The molecule has 1 spiro atoms. The van der Waals surface area contributed by atoms with E-state index in [1.165, 1.54) is 0 Å². The molecule has 0 aromatic carbocycles. The Morgan fingerprint density at radius 2 is 2.05 bits per heavy atom. The molecule has 0 unspecified atom stereocenters. The number of amides is 4. The van der Waals surface area contributed by atoms with Crippen molar-refractivity contribution < 1.29 is 19.1 Å². The number of ether oxygens (including phenoxy) is 1. The number of imide groups is 1. The van der Waals surface area contributed by atoms with Gasteiger partial charge < -0.3 is 15.0 Å². The first-order valence-electron chi connectivity index (χ1n) is 6.65. The number of piperidine rings is 1. The second kappa shape index (κ2) is 4.48. The lowest BCUT2D eigenvalue weighted by atomic mass is 9.87. The summed E-state index contributed by atoms with van der Waals surface area (Å²) in [6.45, 7) is 1.60. The number of rotatable bonds is 1. The molecule has 19 heavy (non-hydrogen) atoms. The lowest BCUT2D eigenvalue weighted by Gasteiger charge is -2.37. The smallest absolute Gasteiger partial charge is 0.322 e. The van der Waals surface area contributed by atoms with Crippen molar-refractivity contribution in [1.82, 2.24) is 15.5 Å². The zero-order chi connectivity index (χ0) is 13.5. The van der Waals surface area contributed by atoms with Crippen LogP contribution in [-0.4, -0.2) is 54.1 Å². The van der Waals surface area contributed by atoms with Crippen molar-refractivity contribution in [3.8, 4) is 0 Å². The van der Waals surface area contributed by atoms with Gasteiger partial charge in [-0.3, -0.25) is 14.9 Å². The van der Waals surface area contributed by atoms with E-state index in [1.807, 2.05) is 0 Å². The van der Waals surface area contributed by atoms with Gasteiger partial charge in [-0.1, -0.05) is 0 Å². The van der Waals surface area contributed by atoms with Crippen LogP contribution in [0.25, 0.3) is 0 Å². The largest absolute Gasteiger partial charge is 0.368 e. The highest BCUT2D eigenvalue weighted by Crippen LogP contribution is 2.27. The summed E-state index contributed by atoms with van der Waals surface area (Å²) in [7, 11) is 0. The predicted molar refractivity (Wildman–Crippen MR) is 64.2 cm³/mol. The van der Waals surface area contributed by atoms with Crippen LogP contribution in [0.15, 0.2) is 0 Å². The van der Waals surface area contributed by atoms with E-state index in [9.17, 15) is 14.4 Å². The van der Waals surface area contributed by atoms with Crippen LogP contribution >= 0.6 is 0 Å². The molecule has 2 N–H and O–H groups in total. The summed E-state index contributed by atoms with van der Waals surface area (Å²) in [4.78, 5) is 36.9. The molecule has 0 bridgehead atoms. The summed E-state index contributed by atoms with van der Waals surface area (Å²) < 4.78 is 5.38. The number of nitrogens with one attached hydrogen (secondary N) is 2. The fraction of sp³-hybridized carbons (Fsp3) is 0.750. The van der Waals surface area contributed by atoms with E-state index in [4.69, 9.17) is 4.74 Å². The molecule has 0 aromatic heterocycles. The van der Waals surface area contributed by atoms with Crippen molar-refractivity contribution in [3.63, 3.8) is 0 Å². The van der Waals surface area contributed by atoms with E-state index in [0.29, 0.717) is 32.5 Å². The molecule has 4 amide bonds. The Morgan fingerprint density at radius 1 is 1.32 bits per heavy atom. The van der Waals surface area contributed by atoms with E-state index in [0.717, 1.165) is 12.8 Å². The predicted octanol–water partition coefficient (Wildman–Crippen LogP) is -0.634. The van der Waals surface area contributed by atoms with E-state index < -0.39 is 11.6 Å². The lowest BCUT2D eigenvalue weighted by Crippen LogP contribution is -2.56. The Morgan fingerprint density at radius 3 is 2.58 bits per heavy atom. The van der Waals surface area contributed by atoms with Crippen molar-refractivity contribution in [1.29, 1.82) is 0 Å². The van der Waals surface area contributed by atoms with Gasteiger partial charge in [-0.25, -0.2) is 4.79 Å². The van der Waals surface area contributed by atoms with Crippen molar-refractivity contribution >= 4 is 17.8 Å². The molecule has 0 aliphatic carbocycles. The van der Waals surface area contributed by atoms with Crippen LogP contribution in [0, 0.1) is 0 Å². The average Bonchev–Trinajstić information content (AvgIpc) is 2.99. The highest BCUT2D eigenvalue weighted by molar-refractivity contribution is 6.07. The average molecular weight is 267 g/mol. The van der Waals surface area contributed by atoms with Crippen molar-refractivity contribution in [2.45, 2.75) is 37.3 Å². The zero-order valence-electron chi connectivity index (χ0n) is 10.6. The molecule has 3 fully saturated rings. The van der Waals surface area contributed by atoms with Crippen LogP contribution in [0.4, 0.5) is 4.79 Å². The van der Waals surface area contributed by atoms with Crippen LogP contribution < -0.4 is 10.6 Å². The minimum Gasteiger partial charge on any atom is -0.368 e. The molecule has 3 heterocycles. The van der Waals surface area contributed by atoms with Crippen molar-refractivity contribution in [2.24, 2.45) is 0 Å². The monoisotopic (exact) mass is 267 g/mol. The highest BCUT2D eigenvalue weighted by Gasteiger charge is 2.48. The summed E-state index contributed by atoms with van der Waals surface area (Å²) in [6.07, 6.45) is 2.30. The number of hydrogen-bond donors (Lipinski definition) is 2. The Labute approximate surface area is 110 Å². The number of likely N-dealkylation sites (tertiary alicyclic amines) is 1. The molecule has 104 valence electrons. The van der Waals surface area contributed by atoms with Gasteiger partial charge in [0.2, 0.25) is 0 Å². The third kappa shape index (κ3) is 2.07. The van der Waals surface area contributed by atoms with Gasteiger partial charge in [-0.2, -0.15) is 0 Å². The van der Waals surface area contributed by atoms with Crippen LogP contribution in [0.3, 0.4) is 0 Å². The third-order valence-electron chi connectivity index (χ3n) is 4.15. The quantitative estimate of drug-likeness (QED) is 0.619. The Hall–Kier alpha value is -1.63. The summed E-state index contributed by atoms with van der Waals surface area (Å²) in [5.41, 5.74) is -0.815. The molecule has 3 aliphatic rings. The topological polar surface area (TPSA) is 87.7 Å². The minimum absolute atomic E-state index is 0.0112. The normalized spacial score (nSPS) is 29.5. The summed E-state index contributed by atoms with van der Waals surface area (Å²) >= 11 is 0. The third-order valence-corrected chi connectivity index (χ3v) is 4.15. The SMILES string of the molecule is O=C1NC(=O)C2(CCN(C(=O)[C@@H]3CCCO3)CC2)N1. The molecule has 0 radical (unpaired) electrons. The Bertz CT molecular complexity index is 423. The van der Waals surface area contributed by atoms with Gasteiger partial charge in [0, 0.05) is 19.7 Å². The van der Waals surface area contributed by atoms with Gasteiger partial charge in [0.15, 0.2) is 0 Å². The van der Waals surface area contributed by atoms with Crippen LogP contribution in [-0.2, 0) is 14.3 Å². The van der Waals surface area contributed by atoms with Gasteiger partial charge in [-0.15, -0.1) is 0 Å². The first kappa shape index (κ1) is 12.4. The second-order valence-corrected chi connectivity index (χ2v) is 5.32. The van der Waals surface area contributed by atoms with Gasteiger partial charge >= 0.3 is 6.03 Å². The van der Waals surface area contributed by atoms with E-state index in [-0.39, 0.29) is 17.9 Å². The number of urea groups is 1. The molecule has 1 atom stereocenters. The van der Waals surface area contributed by atoms with Gasteiger partial charge in [0.25, 0.3) is 11.8 Å². The van der Waals surface area contributed by atoms with Crippen molar-refractivity contribution in [2.75, 3.05) is 19.7 Å². The van der Waals surface area contributed by atoms with E-state index in [1.54, 1.807) is 4.90 Å². The fourth-order valence-corrected chi connectivity index (χ4v) is 2.97. The molecule has 0 aromatic rings. The minimum atomic E-state index is -0.815. The number of carbonyl (C=O) groups is 3. The lowest BCUT2D eigenvalue weighted by molar-refractivity contribution is -0.144. The number of hydrogen-bond acceptors (Lipinski definition) is 4. The zero-order valence-corrected chi connectivity index (χ0v) is 10.6. The van der Waals surface area contributed by atoms with Crippen molar-refractivity contribution in [3.05, 3.63) is 0 Å². The van der Waals surface area contributed by atoms with Crippen LogP contribution in [0.1, 0.15) is 25.7 Å². The molecule has 7 heteroatoms. The molecule has 3 aliphatic heterocycles. The fourth-order valence-electron chi connectivity index (χ4n) is 2.97. The molecule has 0 saturated carbocycles. The number of nitrogens with zero attached hydrogens (tertiary/aromatic N) is 1. The highest BCUT2D eigenvalue weighted by atomic mass is 16.5. The van der Waals surface area contributed by atoms with Crippen LogP contribution in [0.2, 0.25) is 0 Å². The van der Waals surface area contributed by atoms with Gasteiger partial charge in [-0.05, 0) is 25.7 Å². The maximum atomic E-state index is 12.2. The summed E-state index contributed by atoms with van der Waals surface area (Å²) in [5.74, 6) is -0.265.